The van der Waals surface area contributed by atoms with E-state index in [1.165, 1.54) is 19.1 Å². The number of halogens is 4. The van der Waals surface area contributed by atoms with Crippen molar-refractivity contribution in [3.8, 4) is 11.6 Å². The van der Waals surface area contributed by atoms with Gasteiger partial charge in [-0.15, -0.1) is 0 Å². The molecule has 2 atom stereocenters. The van der Waals surface area contributed by atoms with Crippen molar-refractivity contribution in [3.63, 3.8) is 0 Å². The number of pyridine rings is 1. The standard InChI is InChI=1S/C21H18ClF3N2O3/c1-11(28)10-26-16-9-18(30-17-7-6-12(23)8-15(17)24)27-21(25)19(16)20(29)13-4-2-3-5-14(13)22/h2-9,11,20,28-29H,10H2,1H3,(H,26,27)/t11-,20?/m0/s1. The average Bonchev–Trinajstić information content (AvgIpc) is 2.68. The van der Waals surface area contributed by atoms with Crippen molar-refractivity contribution in [2.45, 2.75) is 19.1 Å². The van der Waals surface area contributed by atoms with E-state index in [2.05, 4.69) is 10.3 Å². The van der Waals surface area contributed by atoms with E-state index in [1.54, 1.807) is 18.2 Å². The Morgan fingerprint density at radius 2 is 1.83 bits per heavy atom. The highest BCUT2D eigenvalue weighted by Crippen LogP contribution is 2.36. The maximum Gasteiger partial charge on any atom is 0.224 e. The molecular weight excluding hydrogens is 421 g/mol. The fourth-order valence-electron chi connectivity index (χ4n) is 2.74. The summed E-state index contributed by atoms with van der Waals surface area (Å²) in [6.45, 7) is 1.54. The molecule has 1 unspecified atom stereocenters. The molecule has 3 rings (SSSR count). The molecule has 9 heteroatoms. The summed E-state index contributed by atoms with van der Waals surface area (Å²) in [5.41, 5.74) is 0.0854. The van der Waals surface area contributed by atoms with E-state index in [9.17, 15) is 23.4 Å². The van der Waals surface area contributed by atoms with Crippen molar-refractivity contribution < 1.29 is 28.1 Å². The first kappa shape index (κ1) is 21.9. The molecule has 0 aliphatic carbocycles. The number of hydrogen-bond acceptors (Lipinski definition) is 5. The molecule has 0 saturated heterocycles. The Morgan fingerprint density at radius 1 is 1.10 bits per heavy atom. The largest absolute Gasteiger partial charge is 0.436 e. The summed E-state index contributed by atoms with van der Waals surface area (Å²) in [4.78, 5) is 3.64. The molecule has 0 spiro atoms. The lowest BCUT2D eigenvalue weighted by Crippen LogP contribution is -2.18. The summed E-state index contributed by atoms with van der Waals surface area (Å²) in [7, 11) is 0. The Kier molecular flexibility index (Phi) is 6.81. The van der Waals surface area contributed by atoms with Gasteiger partial charge in [0.2, 0.25) is 11.8 Å². The van der Waals surface area contributed by atoms with Crippen LogP contribution in [0.25, 0.3) is 0 Å². The van der Waals surface area contributed by atoms with Gasteiger partial charge in [-0.3, -0.25) is 0 Å². The molecule has 0 fully saturated rings. The van der Waals surface area contributed by atoms with Gasteiger partial charge >= 0.3 is 0 Å². The van der Waals surface area contributed by atoms with Crippen LogP contribution in [0.2, 0.25) is 5.02 Å². The highest BCUT2D eigenvalue weighted by atomic mass is 35.5. The normalized spacial score (nSPS) is 13.0. The van der Waals surface area contributed by atoms with Gasteiger partial charge in [0.1, 0.15) is 11.9 Å². The van der Waals surface area contributed by atoms with Gasteiger partial charge in [-0.2, -0.15) is 9.37 Å². The zero-order valence-corrected chi connectivity index (χ0v) is 16.5. The number of rotatable bonds is 7. The Labute approximate surface area is 175 Å². The van der Waals surface area contributed by atoms with Gasteiger partial charge in [0.05, 0.1) is 17.4 Å². The molecule has 0 radical (unpaired) electrons. The number of ether oxygens (including phenoxy) is 1. The smallest absolute Gasteiger partial charge is 0.224 e. The number of aromatic nitrogens is 1. The van der Waals surface area contributed by atoms with Gasteiger partial charge in [-0.05, 0) is 25.1 Å². The van der Waals surface area contributed by atoms with Gasteiger partial charge < -0.3 is 20.3 Å². The topological polar surface area (TPSA) is 74.6 Å². The maximum absolute atomic E-state index is 14.9. The lowest BCUT2D eigenvalue weighted by molar-refractivity contribution is 0.206. The summed E-state index contributed by atoms with van der Waals surface area (Å²) in [5.74, 6) is -3.56. The monoisotopic (exact) mass is 438 g/mol. The van der Waals surface area contributed by atoms with Crippen molar-refractivity contribution in [1.82, 2.24) is 4.98 Å². The fraction of sp³-hybridized carbons (Fsp3) is 0.190. The summed E-state index contributed by atoms with van der Waals surface area (Å²) in [5, 5.41) is 23.3. The van der Waals surface area contributed by atoms with E-state index >= 15 is 0 Å². The number of anilines is 1. The Bertz CT molecular complexity index is 1050. The molecule has 0 saturated carbocycles. The Balaban J connectivity index is 2.02. The number of aliphatic hydroxyl groups is 2. The molecule has 1 heterocycles. The quantitative estimate of drug-likeness (QED) is 0.461. The first-order valence-corrected chi connectivity index (χ1v) is 9.31. The molecule has 3 N–H and O–H groups in total. The summed E-state index contributed by atoms with van der Waals surface area (Å²) < 4.78 is 47.1. The Hall–Kier alpha value is -2.81. The first-order chi connectivity index (χ1) is 14.3. The van der Waals surface area contributed by atoms with Gasteiger partial charge in [0.15, 0.2) is 11.6 Å². The molecule has 1 aromatic heterocycles. The third kappa shape index (κ3) is 5.02. The summed E-state index contributed by atoms with van der Waals surface area (Å²) in [6, 6.07) is 10.3. The predicted octanol–water partition coefficient (Wildman–Crippen LogP) is 4.82. The van der Waals surface area contributed by atoms with Crippen LogP contribution in [0.3, 0.4) is 0 Å². The van der Waals surface area contributed by atoms with Crippen molar-refractivity contribution in [3.05, 3.63) is 82.3 Å². The summed E-state index contributed by atoms with van der Waals surface area (Å²) >= 11 is 6.11. The number of aliphatic hydroxyl groups excluding tert-OH is 2. The molecule has 158 valence electrons. The van der Waals surface area contributed by atoms with Crippen LogP contribution in [0, 0.1) is 17.6 Å². The molecule has 5 nitrogen and oxygen atoms in total. The van der Waals surface area contributed by atoms with Gasteiger partial charge in [-0.1, -0.05) is 29.8 Å². The second-order valence-corrected chi connectivity index (χ2v) is 6.95. The minimum absolute atomic E-state index is 0.0239. The van der Waals surface area contributed by atoms with Crippen molar-refractivity contribution in [2.75, 3.05) is 11.9 Å². The molecule has 3 aromatic rings. The van der Waals surface area contributed by atoms with Crippen LogP contribution in [0.1, 0.15) is 24.2 Å². The van der Waals surface area contributed by atoms with Crippen LogP contribution in [-0.2, 0) is 0 Å². The zero-order valence-electron chi connectivity index (χ0n) is 15.7. The van der Waals surface area contributed by atoms with E-state index in [4.69, 9.17) is 16.3 Å². The van der Waals surface area contributed by atoms with Crippen LogP contribution in [0.4, 0.5) is 18.9 Å². The van der Waals surface area contributed by atoms with E-state index in [1.807, 2.05) is 0 Å². The Morgan fingerprint density at radius 3 is 2.50 bits per heavy atom. The fourth-order valence-corrected chi connectivity index (χ4v) is 2.98. The minimum Gasteiger partial charge on any atom is -0.436 e. The lowest BCUT2D eigenvalue weighted by atomic mass is 10.0. The van der Waals surface area contributed by atoms with Crippen LogP contribution in [-0.4, -0.2) is 27.8 Å². The van der Waals surface area contributed by atoms with Crippen molar-refractivity contribution in [2.24, 2.45) is 0 Å². The molecular formula is C21H18ClF3N2O3. The zero-order chi connectivity index (χ0) is 21.8. The van der Waals surface area contributed by atoms with Gasteiger partial charge in [0, 0.05) is 29.3 Å². The van der Waals surface area contributed by atoms with E-state index in [0.717, 1.165) is 12.1 Å². The molecule has 2 aromatic carbocycles. The van der Waals surface area contributed by atoms with E-state index in [0.29, 0.717) is 6.07 Å². The maximum atomic E-state index is 14.9. The third-order valence-corrected chi connectivity index (χ3v) is 4.50. The van der Waals surface area contributed by atoms with E-state index < -0.39 is 29.8 Å². The van der Waals surface area contributed by atoms with Crippen LogP contribution >= 0.6 is 11.6 Å². The molecule has 0 bridgehead atoms. The SMILES string of the molecule is C[C@H](O)CNc1cc(Oc2ccc(F)cc2F)nc(F)c1C(O)c1ccccc1Cl. The lowest BCUT2D eigenvalue weighted by Gasteiger charge is -2.20. The van der Waals surface area contributed by atoms with Crippen molar-refractivity contribution in [1.29, 1.82) is 0 Å². The highest BCUT2D eigenvalue weighted by molar-refractivity contribution is 6.31. The molecule has 30 heavy (non-hydrogen) atoms. The predicted molar refractivity (Wildman–Crippen MR) is 106 cm³/mol. The van der Waals surface area contributed by atoms with E-state index in [-0.39, 0.29) is 40.0 Å². The highest BCUT2D eigenvalue weighted by Gasteiger charge is 2.24. The van der Waals surface area contributed by atoms with Crippen LogP contribution < -0.4 is 10.1 Å². The number of hydrogen-bond donors (Lipinski definition) is 3. The van der Waals surface area contributed by atoms with Gasteiger partial charge in [-0.25, -0.2) is 8.78 Å². The average molecular weight is 439 g/mol. The number of benzene rings is 2. The van der Waals surface area contributed by atoms with Crippen LogP contribution in [0.5, 0.6) is 11.6 Å². The second kappa shape index (κ2) is 9.34. The van der Waals surface area contributed by atoms with Gasteiger partial charge in [0.25, 0.3) is 0 Å². The molecule has 0 amide bonds. The second-order valence-electron chi connectivity index (χ2n) is 6.54. The molecule has 0 aliphatic rings. The van der Waals surface area contributed by atoms with Crippen molar-refractivity contribution >= 4 is 17.3 Å². The first-order valence-electron chi connectivity index (χ1n) is 8.94. The molecule has 0 aliphatic heterocycles. The number of nitrogens with zero attached hydrogens (tertiary/aromatic N) is 1. The minimum atomic E-state index is -1.47. The number of nitrogens with one attached hydrogen (secondary N) is 1. The van der Waals surface area contributed by atoms with Crippen LogP contribution in [0.15, 0.2) is 48.5 Å². The summed E-state index contributed by atoms with van der Waals surface area (Å²) in [6.07, 6.45) is -2.26. The third-order valence-electron chi connectivity index (χ3n) is 4.16.